The Labute approximate surface area is 117 Å². The van der Waals surface area contributed by atoms with Crippen LogP contribution >= 0.6 is 0 Å². The van der Waals surface area contributed by atoms with Gasteiger partial charge in [-0.1, -0.05) is 13.8 Å². The number of carbonyl (C=O) groups is 1. The third-order valence-corrected chi connectivity index (χ3v) is 2.49. The minimum Gasteiger partial charge on any atom is -0.483 e. The first-order valence-corrected chi connectivity index (χ1v) is 6.29. The van der Waals surface area contributed by atoms with E-state index in [2.05, 4.69) is 19.2 Å². The molecular formula is C13H19N3O4. The second-order valence-electron chi connectivity index (χ2n) is 4.83. The number of primary amides is 1. The van der Waals surface area contributed by atoms with Crippen molar-refractivity contribution in [3.8, 4) is 5.75 Å². The molecule has 1 rings (SSSR count). The topological polar surface area (TPSA) is 107 Å². The molecular weight excluding hydrogens is 262 g/mol. The second-order valence-corrected chi connectivity index (χ2v) is 4.83. The van der Waals surface area contributed by atoms with Crippen LogP contribution < -0.4 is 15.8 Å². The molecule has 0 fully saturated rings. The maximum atomic E-state index is 10.8. The second kappa shape index (κ2) is 7.44. The van der Waals surface area contributed by atoms with Crippen LogP contribution in [0.15, 0.2) is 18.2 Å². The maximum Gasteiger partial charge on any atom is 0.270 e. The van der Waals surface area contributed by atoms with Crippen molar-refractivity contribution in [3.63, 3.8) is 0 Å². The number of rotatable bonds is 8. The molecule has 0 aliphatic heterocycles. The van der Waals surface area contributed by atoms with Crippen LogP contribution in [0.4, 0.5) is 5.69 Å². The molecule has 0 saturated heterocycles. The minimum atomic E-state index is -0.593. The van der Waals surface area contributed by atoms with E-state index < -0.39 is 10.8 Å². The van der Waals surface area contributed by atoms with Gasteiger partial charge in [-0.25, -0.2) is 0 Å². The summed E-state index contributed by atoms with van der Waals surface area (Å²) >= 11 is 0. The highest BCUT2D eigenvalue weighted by atomic mass is 16.6. The van der Waals surface area contributed by atoms with Gasteiger partial charge in [-0.3, -0.25) is 14.9 Å². The predicted molar refractivity (Wildman–Crippen MR) is 74.3 cm³/mol. The summed E-state index contributed by atoms with van der Waals surface area (Å²) in [5.41, 5.74) is 5.63. The lowest BCUT2D eigenvalue weighted by Gasteiger charge is -2.12. The molecule has 0 aliphatic carbocycles. The largest absolute Gasteiger partial charge is 0.483 e. The van der Waals surface area contributed by atoms with E-state index >= 15 is 0 Å². The summed E-state index contributed by atoms with van der Waals surface area (Å²) in [6, 6.07) is 4.25. The Bertz CT molecular complexity index is 489. The Morgan fingerprint density at radius 3 is 2.75 bits per heavy atom. The van der Waals surface area contributed by atoms with Crippen molar-refractivity contribution < 1.29 is 14.5 Å². The molecule has 1 aromatic carbocycles. The smallest absolute Gasteiger partial charge is 0.270 e. The lowest BCUT2D eigenvalue weighted by atomic mass is 10.1. The van der Waals surface area contributed by atoms with Gasteiger partial charge in [0.15, 0.2) is 6.61 Å². The van der Waals surface area contributed by atoms with Crippen molar-refractivity contribution in [2.45, 2.75) is 20.4 Å². The fourth-order valence-corrected chi connectivity index (χ4v) is 1.60. The predicted octanol–water partition coefficient (Wildman–Crippen LogP) is 1.20. The first-order chi connectivity index (χ1) is 9.40. The van der Waals surface area contributed by atoms with Gasteiger partial charge in [0.1, 0.15) is 5.75 Å². The molecule has 7 heteroatoms. The number of nitrogens with two attached hydrogens (primary N) is 1. The highest BCUT2D eigenvalue weighted by Gasteiger charge is 2.12. The van der Waals surface area contributed by atoms with E-state index in [1.54, 1.807) is 0 Å². The molecule has 0 unspecified atom stereocenters. The quantitative estimate of drug-likeness (QED) is 0.550. The summed E-state index contributed by atoms with van der Waals surface area (Å²) in [6.07, 6.45) is 0. The third-order valence-electron chi connectivity index (χ3n) is 2.49. The van der Waals surface area contributed by atoms with Crippen LogP contribution in [0.5, 0.6) is 5.75 Å². The Balaban J connectivity index is 2.85. The number of amides is 1. The first kappa shape index (κ1) is 15.9. The molecule has 0 aliphatic rings. The van der Waals surface area contributed by atoms with Crippen LogP contribution in [-0.2, 0) is 11.3 Å². The van der Waals surface area contributed by atoms with Crippen molar-refractivity contribution in [2.75, 3.05) is 13.2 Å². The standard InChI is InChI=1S/C13H19N3O4/c1-9(2)6-15-7-10-5-11(16(18)19)3-4-12(10)20-8-13(14)17/h3-5,9,15H,6-8H2,1-2H3,(H2,14,17). The summed E-state index contributed by atoms with van der Waals surface area (Å²) in [5.74, 6) is 0.291. The molecule has 0 spiro atoms. The van der Waals surface area contributed by atoms with Crippen molar-refractivity contribution in [3.05, 3.63) is 33.9 Å². The number of non-ortho nitro benzene ring substituents is 1. The van der Waals surface area contributed by atoms with Gasteiger partial charge in [-0.15, -0.1) is 0 Å². The molecule has 7 nitrogen and oxygen atoms in total. The molecule has 0 heterocycles. The van der Waals surface area contributed by atoms with Crippen LogP contribution in [0.1, 0.15) is 19.4 Å². The molecule has 0 aromatic heterocycles. The number of nitro benzene ring substituents is 1. The zero-order chi connectivity index (χ0) is 15.1. The number of hydrogen-bond acceptors (Lipinski definition) is 5. The number of nitrogens with zero attached hydrogens (tertiary/aromatic N) is 1. The summed E-state index contributed by atoms with van der Waals surface area (Å²) < 4.78 is 5.25. The average molecular weight is 281 g/mol. The molecule has 0 radical (unpaired) electrons. The van der Waals surface area contributed by atoms with Gasteiger partial charge in [0, 0.05) is 24.2 Å². The fraction of sp³-hybridized carbons (Fsp3) is 0.462. The zero-order valence-corrected chi connectivity index (χ0v) is 11.6. The van der Waals surface area contributed by atoms with E-state index in [0.717, 1.165) is 6.54 Å². The van der Waals surface area contributed by atoms with Crippen LogP contribution in [0.2, 0.25) is 0 Å². The number of benzene rings is 1. The summed E-state index contributed by atoms with van der Waals surface area (Å²) in [5, 5.41) is 14.0. The molecule has 3 N–H and O–H groups in total. The minimum absolute atomic E-state index is 0.0160. The van der Waals surface area contributed by atoms with E-state index in [0.29, 0.717) is 23.8 Å². The Kier molecular flexibility index (Phi) is 5.92. The normalized spacial score (nSPS) is 10.6. The molecule has 1 aromatic rings. The number of hydrogen-bond donors (Lipinski definition) is 2. The van der Waals surface area contributed by atoms with Crippen LogP contribution in [0.3, 0.4) is 0 Å². The van der Waals surface area contributed by atoms with Crippen molar-refractivity contribution in [2.24, 2.45) is 11.7 Å². The molecule has 0 atom stereocenters. The monoisotopic (exact) mass is 281 g/mol. The Hall–Kier alpha value is -2.15. The van der Waals surface area contributed by atoms with Gasteiger partial charge < -0.3 is 15.8 Å². The number of nitro groups is 1. The van der Waals surface area contributed by atoms with E-state index in [-0.39, 0.29) is 12.3 Å². The van der Waals surface area contributed by atoms with E-state index in [9.17, 15) is 14.9 Å². The number of nitrogens with one attached hydrogen (secondary N) is 1. The van der Waals surface area contributed by atoms with Crippen LogP contribution in [-0.4, -0.2) is 24.0 Å². The summed E-state index contributed by atoms with van der Waals surface area (Å²) in [7, 11) is 0. The van der Waals surface area contributed by atoms with Gasteiger partial charge in [0.25, 0.3) is 11.6 Å². The average Bonchev–Trinajstić information content (AvgIpc) is 2.36. The van der Waals surface area contributed by atoms with Crippen molar-refractivity contribution in [1.29, 1.82) is 0 Å². The fourth-order valence-electron chi connectivity index (χ4n) is 1.60. The summed E-state index contributed by atoms with van der Waals surface area (Å²) in [6.45, 7) is 5.07. The van der Waals surface area contributed by atoms with E-state index in [1.807, 2.05) is 0 Å². The number of carbonyl (C=O) groups excluding carboxylic acids is 1. The summed E-state index contributed by atoms with van der Waals surface area (Å²) in [4.78, 5) is 21.1. The zero-order valence-electron chi connectivity index (χ0n) is 11.6. The molecule has 20 heavy (non-hydrogen) atoms. The SMILES string of the molecule is CC(C)CNCc1cc([N+](=O)[O-])ccc1OCC(N)=O. The highest BCUT2D eigenvalue weighted by Crippen LogP contribution is 2.24. The number of ether oxygens (including phenoxy) is 1. The van der Waals surface area contributed by atoms with Crippen molar-refractivity contribution >= 4 is 11.6 Å². The lowest BCUT2D eigenvalue weighted by molar-refractivity contribution is -0.384. The Morgan fingerprint density at radius 2 is 2.20 bits per heavy atom. The van der Waals surface area contributed by atoms with Crippen LogP contribution in [0, 0.1) is 16.0 Å². The van der Waals surface area contributed by atoms with Gasteiger partial charge in [-0.2, -0.15) is 0 Å². The first-order valence-electron chi connectivity index (χ1n) is 6.29. The van der Waals surface area contributed by atoms with E-state index in [1.165, 1.54) is 18.2 Å². The van der Waals surface area contributed by atoms with E-state index in [4.69, 9.17) is 10.5 Å². The lowest BCUT2D eigenvalue weighted by Crippen LogP contribution is -2.22. The van der Waals surface area contributed by atoms with Gasteiger partial charge >= 0.3 is 0 Å². The molecule has 1 amide bonds. The third kappa shape index (κ3) is 5.23. The highest BCUT2D eigenvalue weighted by molar-refractivity contribution is 5.75. The maximum absolute atomic E-state index is 10.8. The van der Waals surface area contributed by atoms with Gasteiger partial charge in [-0.05, 0) is 18.5 Å². The Morgan fingerprint density at radius 1 is 1.50 bits per heavy atom. The molecule has 110 valence electrons. The van der Waals surface area contributed by atoms with Gasteiger partial charge in [0.05, 0.1) is 4.92 Å². The van der Waals surface area contributed by atoms with Gasteiger partial charge in [0.2, 0.25) is 0 Å². The molecule has 0 saturated carbocycles. The molecule has 0 bridgehead atoms. The van der Waals surface area contributed by atoms with Crippen LogP contribution in [0.25, 0.3) is 0 Å². The van der Waals surface area contributed by atoms with Crippen molar-refractivity contribution in [1.82, 2.24) is 5.32 Å².